The van der Waals surface area contributed by atoms with Crippen LogP contribution in [0.4, 0.5) is 0 Å². The van der Waals surface area contributed by atoms with Crippen LogP contribution in [0.15, 0.2) is 47.6 Å². The fourth-order valence-corrected chi connectivity index (χ4v) is 3.84. The lowest BCUT2D eigenvalue weighted by molar-refractivity contribution is 0.124. The first-order chi connectivity index (χ1) is 14.5. The van der Waals surface area contributed by atoms with Gasteiger partial charge in [-0.1, -0.05) is 48.2 Å². The maximum absolute atomic E-state index is 10.4. The van der Waals surface area contributed by atoms with Gasteiger partial charge >= 0.3 is 0 Å². The largest absolute Gasteiger partial charge is 0.493 e. The highest BCUT2D eigenvalue weighted by Gasteiger charge is 2.16. The summed E-state index contributed by atoms with van der Waals surface area (Å²) < 4.78 is 12.9. The quantitative estimate of drug-likeness (QED) is 0.520. The van der Waals surface area contributed by atoms with Crippen molar-refractivity contribution in [2.24, 2.45) is 0 Å². The Morgan fingerprint density at radius 2 is 1.93 bits per heavy atom. The van der Waals surface area contributed by atoms with E-state index in [9.17, 15) is 5.11 Å². The molecular weight excluding hydrogens is 400 g/mol. The van der Waals surface area contributed by atoms with E-state index in [4.69, 9.17) is 9.47 Å². The minimum atomic E-state index is -0.696. The molecule has 0 aliphatic rings. The van der Waals surface area contributed by atoms with Crippen molar-refractivity contribution in [2.45, 2.75) is 32.0 Å². The van der Waals surface area contributed by atoms with E-state index in [1.807, 2.05) is 69.3 Å². The lowest BCUT2D eigenvalue weighted by atomic mass is 10.1. The number of aryl methyl sites for hydroxylation is 2. The average molecular weight is 427 g/mol. The second-order valence-corrected chi connectivity index (χ2v) is 7.79. The molecule has 30 heavy (non-hydrogen) atoms. The lowest BCUT2D eigenvalue weighted by Crippen LogP contribution is -2.20. The van der Waals surface area contributed by atoms with Gasteiger partial charge in [0.15, 0.2) is 11.5 Å². The third-order valence-corrected chi connectivity index (χ3v) is 5.54. The molecular formula is C22H26N4O3S. The van der Waals surface area contributed by atoms with Gasteiger partial charge < -0.3 is 14.6 Å². The van der Waals surface area contributed by atoms with Gasteiger partial charge in [0.05, 0.1) is 18.9 Å². The topological polar surface area (TPSA) is 82.3 Å². The van der Waals surface area contributed by atoms with Crippen LogP contribution in [0.1, 0.15) is 23.6 Å². The number of aromatic nitrogens is 4. The van der Waals surface area contributed by atoms with Crippen molar-refractivity contribution < 1.29 is 14.6 Å². The molecule has 0 bridgehead atoms. The van der Waals surface area contributed by atoms with Gasteiger partial charge in [0, 0.05) is 5.75 Å². The van der Waals surface area contributed by atoms with Gasteiger partial charge in [-0.05, 0) is 60.0 Å². The van der Waals surface area contributed by atoms with E-state index in [-0.39, 0.29) is 6.61 Å². The number of nitrogens with zero attached hydrogens (tertiary/aromatic N) is 4. The Bertz CT molecular complexity index is 999. The van der Waals surface area contributed by atoms with Gasteiger partial charge in [-0.15, -0.1) is 5.10 Å². The van der Waals surface area contributed by atoms with Crippen molar-refractivity contribution in [2.75, 3.05) is 19.5 Å². The van der Waals surface area contributed by atoms with Gasteiger partial charge in [-0.3, -0.25) is 0 Å². The summed E-state index contributed by atoms with van der Waals surface area (Å²) in [4.78, 5) is 0. The number of aliphatic hydroxyl groups excluding tert-OH is 1. The number of allylic oxidation sites excluding steroid dienone is 1. The third kappa shape index (κ3) is 5.20. The molecule has 1 unspecified atom stereocenters. The number of methoxy groups -OCH3 is 1. The number of thioether (sulfide) groups is 1. The maximum Gasteiger partial charge on any atom is 0.214 e. The Kier molecular flexibility index (Phi) is 7.48. The van der Waals surface area contributed by atoms with E-state index >= 15 is 0 Å². The Labute approximate surface area is 180 Å². The maximum atomic E-state index is 10.4. The van der Waals surface area contributed by atoms with Gasteiger partial charge in [-0.2, -0.15) is 4.68 Å². The van der Waals surface area contributed by atoms with Crippen molar-refractivity contribution in [1.82, 2.24) is 20.2 Å². The molecule has 0 fully saturated rings. The zero-order valence-corrected chi connectivity index (χ0v) is 18.4. The molecule has 8 heteroatoms. The number of hydrogen-bond acceptors (Lipinski definition) is 7. The molecule has 3 rings (SSSR count). The van der Waals surface area contributed by atoms with Crippen molar-refractivity contribution >= 4 is 17.8 Å². The molecule has 0 radical (unpaired) electrons. The van der Waals surface area contributed by atoms with E-state index < -0.39 is 6.10 Å². The number of hydrogen-bond donors (Lipinski definition) is 1. The fourth-order valence-electron chi connectivity index (χ4n) is 3.05. The molecule has 158 valence electrons. The number of tetrazole rings is 1. The first-order valence-electron chi connectivity index (χ1n) is 9.62. The number of para-hydroxylation sites is 1. The Morgan fingerprint density at radius 3 is 2.63 bits per heavy atom. The van der Waals surface area contributed by atoms with Crippen LogP contribution in [0, 0.1) is 13.8 Å². The second-order valence-electron chi connectivity index (χ2n) is 6.80. The number of rotatable bonds is 9. The summed E-state index contributed by atoms with van der Waals surface area (Å²) in [7, 11) is 1.60. The molecule has 0 aliphatic carbocycles. The molecule has 0 aliphatic heterocycles. The molecule has 0 saturated carbocycles. The molecule has 1 atom stereocenters. The van der Waals surface area contributed by atoms with Gasteiger partial charge in [0.1, 0.15) is 6.61 Å². The van der Waals surface area contributed by atoms with Crippen LogP contribution >= 0.6 is 11.8 Å². The van der Waals surface area contributed by atoms with E-state index in [1.54, 1.807) is 11.8 Å². The molecule has 2 aromatic carbocycles. The van der Waals surface area contributed by atoms with Crippen LogP contribution in [-0.4, -0.2) is 50.9 Å². The fraction of sp³-hybridized carbons (Fsp3) is 0.318. The molecule has 0 saturated heterocycles. The Morgan fingerprint density at radius 1 is 1.17 bits per heavy atom. The summed E-state index contributed by atoms with van der Waals surface area (Å²) in [6.45, 7) is 6.14. The summed E-state index contributed by atoms with van der Waals surface area (Å²) in [6.07, 6.45) is 3.25. The van der Waals surface area contributed by atoms with Crippen LogP contribution in [0.2, 0.25) is 0 Å². The summed E-state index contributed by atoms with van der Waals surface area (Å²) in [5.41, 5.74) is 4.15. The van der Waals surface area contributed by atoms with E-state index in [0.29, 0.717) is 22.4 Å². The number of benzene rings is 2. The van der Waals surface area contributed by atoms with Gasteiger partial charge in [0.2, 0.25) is 5.16 Å². The van der Waals surface area contributed by atoms with Crippen LogP contribution < -0.4 is 9.47 Å². The standard InChI is InChI=1S/C22H26N4O3S/c1-5-7-17-10-11-19(20(12-17)28-4)29-13-18(27)14-30-22-23-24-25-26(22)21-15(2)8-6-9-16(21)3/h5-12,18,27H,13-14H2,1-4H3/b7-5+. The Balaban J connectivity index is 1.61. The molecule has 7 nitrogen and oxygen atoms in total. The van der Waals surface area contributed by atoms with Crippen LogP contribution in [0.5, 0.6) is 11.5 Å². The van der Waals surface area contributed by atoms with E-state index in [1.165, 1.54) is 11.8 Å². The number of ether oxygens (including phenoxy) is 2. The molecule has 3 aromatic rings. The summed E-state index contributed by atoms with van der Waals surface area (Å²) in [5.74, 6) is 1.61. The van der Waals surface area contributed by atoms with Crippen molar-refractivity contribution in [3.05, 3.63) is 59.2 Å². The SMILES string of the molecule is C/C=C/c1ccc(OCC(O)CSc2nnnn2-c2c(C)cccc2C)c(OC)c1. The smallest absolute Gasteiger partial charge is 0.214 e. The van der Waals surface area contributed by atoms with E-state index in [2.05, 4.69) is 15.5 Å². The molecule has 1 heterocycles. The monoisotopic (exact) mass is 426 g/mol. The highest BCUT2D eigenvalue weighted by atomic mass is 32.2. The zero-order chi connectivity index (χ0) is 21.5. The lowest BCUT2D eigenvalue weighted by Gasteiger charge is -2.15. The predicted octanol–water partition coefficient (Wildman–Crippen LogP) is 3.85. The Hall–Kier alpha value is -2.84. The van der Waals surface area contributed by atoms with Crippen LogP contribution in [-0.2, 0) is 0 Å². The molecule has 0 spiro atoms. The summed E-state index contributed by atoms with van der Waals surface area (Å²) in [5, 5.41) is 23.1. The normalized spacial score (nSPS) is 12.3. The first kappa shape index (κ1) is 21.9. The second kappa shape index (κ2) is 10.3. The first-order valence-corrected chi connectivity index (χ1v) is 10.6. The third-order valence-electron chi connectivity index (χ3n) is 4.48. The van der Waals surface area contributed by atoms with Crippen LogP contribution in [0.25, 0.3) is 11.8 Å². The molecule has 0 amide bonds. The number of aliphatic hydroxyl groups is 1. The van der Waals surface area contributed by atoms with Crippen molar-refractivity contribution in [1.29, 1.82) is 0 Å². The minimum absolute atomic E-state index is 0.136. The summed E-state index contributed by atoms with van der Waals surface area (Å²) in [6, 6.07) is 11.7. The molecule has 1 aromatic heterocycles. The van der Waals surface area contributed by atoms with Gasteiger partial charge in [0.25, 0.3) is 0 Å². The molecule has 1 N–H and O–H groups in total. The predicted molar refractivity (Wildman–Crippen MR) is 119 cm³/mol. The summed E-state index contributed by atoms with van der Waals surface area (Å²) >= 11 is 1.38. The zero-order valence-electron chi connectivity index (χ0n) is 17.6. The average Bonchev–Trinajstić information content (AvgIpc) is 3.19. The van der Waals surface area contributed by atoms with Crippen molar-refractivity contribution in [3.8, 4) is 17.2 Å². The minimum Gasteiger partial charge on any atom is -0.493 e. The van der Waals surface area contributed by atoms with Crippen LogP contribution in [0.3, 0.4) is 0 Å². The highest BCUT2D eigenvalue weighted by molar-refractivity contribution is 7.99. The van der Waals surface area contributed by atoms with Crippen molar-refractivity contribution in [3.63, 3.8) is 0 Å². The van der Waals surface area contributed by atoms with Gasteiger partial charge in [-0.25, -0.2) is 0 Å². The van der Waals surface area contributed by atoms with E-state index in [0.717, 1.165) is 22.4 Å². The highest BCUT2D eigenvalue weighted by Crippen LogP contribution is 2.29.